The zero-order chi connectivity index (χ0) is 17.6. The van der Waals surface area contributed by atoms with Crippen molar-refractivity contribution in [1.82, 2.24) is 14.7 Å². The number of carbonyl (C=O) groups excluding carboxylic acids is 2. The van der Waals surface area contributed by atoms with E-state index in [1.165, 1.54) is 5.56 Å². The topological polar surface area (TPSA) is 43.9 Å². The molecule has 0 N–H and O–H groups in total. The molecule has 2 fully saturated rings. The lowest BCUT2D eigenvalue weighted by molar-refractivity contribution is -0.132. The number of carbonyl (C=O) groups is 2. The van der Waals surface area contributed by atoms with Gasteiger partial charge in [0.2, 0.25) is 11.8 Å². The minimum absolute atomic E-state index is 0.00932. The van der Waals surface area contributed by atoms with Gasteiger partial charge in [-0.1, -0.05) is 37.3 Å². The van der Waals surface area contributed by atoms with Crippen LogP contribution in [-0.4, -0.2) is 65.3 Å². The normalized spacial score (nSPS) is 22.3. The molecule has 136 valence electrons. The molecule has 1 aromatic carbocycles. The summed E-state index contributed by atoms with van der Waals surface area (Å²) in [5, 5.41) is 0. The van der Waals surface area contributed by atoms with Gasteiger partial charge in [0.1, 0.15) is 0 Å². The number of likely N-dealkylation sites (tertiary alicyclic amines) is 1. The minimum Gasteiger partial charge on any atom is -0.341 e. The molecular weight excluding hydrogens is 314 g/mol. The molecule has 0 bridgehead atoms. The summed E-state index contributed by atoms with van der Waals surface area (Å²) >= 11 is 0. The van der Waals surface area contributed by atoms with Crippen molar-refractivity contribution in [2.45, 2.75) is 45.2 Å². The molecule has 5 nitrogen and oxygen atoms in total. The summed E-state index contributed by atoms with van der Waals surface area (Å²) in [6.45, 7) is 6.86. The van der Waals surface area contributed by atoms with E-state index in [0.29, 0.717) is 13.0 Å². The summed E-state index contributed by atoms with van der Waals surface area (Å²) in [4.78, 5) is 31.2. The zero-order valence-corrected chi connectivity index (χ0v) is 15.2. The van der Waals surface area contributed by atoms with Crippen LogP contribution in [0, 0.1) is 0 Å². The zero-order valence-electron chi connectivity index (χ0n) is 15.2. The van der Waals surface area contributed by atoms with Crippen LogP contribution in [0.2, 0.25) is 0 Å². The lowest BCUT2D eigenvalue weighted by Crippen LogP contribution is -2.44. The molecule has 5 heteroatoms. The number of amides is 2. The Labute approximate surface area is 150 Å². The number of hydrogen-bond donors (Lipinski definition) is 0. The van der Waals surface area contributed by atoms with Crippen LogP contribution in [0.5, 0.6) is 0 Å². The van der Waals surface area contributed by atoms with E-state index < -0.39 is 0 Å². The average Bonchev–Trinajstić information content (AvgIpc) is 2.84. The molecule has 0 radical (unpaired) electrons. The quantitative estimate of drug-likeness (QED) is 0.823. The van der Waals surface area contributed by atoms with Crippen molar-refractivity contribution in [2.75, 3.05) is 32.7 Å². The fourth-order valence-corrected chi connectivity index (χ4v) is 3.89. The number of hydrogen-bond acceptors (Lipinski definition) is 3. The second-order valence-electron chi connectivity index (χ2n) is 7.07. The van der Waals surface area contributed by atoms with Crippen molar-refractivity contribution in [1.29, 1.82) is 0 Å². The number of benzene rings is 1. The van der Waals surface area contributed by atoms with Gasteiger partial charge in [0.05, 0.1) is 6.04 Å². The molecule has 0 aliphatic carbocycles. The van der Waals surface area contributed by atoms with Gasteiger partial charge in [-0.05, 0) is 24.8 Å². The van der Waals surface area contributed by atoms with Crippen LogP contribution in [0.4, 0.5) is 0 Å². The first kappa shape index (κ1) is 17.9. The van der Waals surface area contributed by atoms with Crippen LogP contribution in [0.15, 0.2) is 30.3 Å². The maximum absolute atomic E-state index is 12.8. The standard InChI is InChI=1S/C20H29N3O2/c1-2-7-19(24)22-12-6-11-21(14-15-22)18-10-13-23(20(18)25)16-17-8-4-3-5-9-17/h3-5,8-9,18H,2,6-7,10-16H2,1H3/t18-/m0/s1. The Balaban J connectivity index is 1.56. The van der Waals surface area contributed by atoms with Gasteiger partial charge in [0.25, 0.3) is 0 Å². The van der Waals surface area contributed by atoms with E-state index in [0.717, 1.165) is 52.0 Å². The highest BCUT2D eigenvalue weighted by Gasteiger charge is 2.36. The molecule has 1 atom stereocenters. The van der Waals surface area contributed by atoms with Gasteiger partial charge in [-0.15, -0.1) is 0 Å². The molecule has 25 heavy (non-hydrogen) atoms. The second-order valence-corrected chi connectivity index (χ2v) is 7.07. The smallest absolute Gasteiger partial charge is 0.240 e. The van der Waals surface area contributed by atoms with Crippen LogP contribution in [0.1, 0.15) is 38.2 Å². The lowest BCUT2D eigenvalue weighted by atomic mass is 10.2. The first-order chi connectivity index (χ1) is 12.2. The Morgan fingerprint density at radius 2 is 1.88 bits per heavy atom. The van der Waals surface area contributed by atoms with Crippen molar-refractivity contribution in [3.63, 3.8) is 0 Å². The molecule has 2 amide bonds. The third kappa shape index (κ3) is 4.40. The molecule has 0 spiro atoms. The molecule has 2 aliphatic heterocycles. The van der Waals surface area contributed by atoms with Gasteiger partial charge >= 0.3 is 0 Å². The van der Waals surface area contributed by atoms with Gasteiger partial charge < -0.3 is 9.80 Å². The second kappa shape index (κ2) is 8.48. The molecular formula is C20H29N3O2. The van der Waals surface area contributed by atoms with E-state index in [1.54, 1.807) is 0 Å². The van der Waals surface area contributed by atoms with E-state index in [2.05, 4.69) is 17.0 Å². The summed E-state index contributed by atoms with van der Waals surface area (Å²) in [7, 11) is 0. The van der Waals surface area contributed by atoms with Crippen LogP contribution < -0.4 is 0 Å². The van der Waals surface area contributed by atoms with E-state index in [4.69, 9.17) is 0 Å². The molecule has 0 saturated carbocycles. The molecule has 2 aliphatic rings. The Morgan fingerprint density at radius 1 is 1.08 bits per heavy atom. The summed E-state index contributed by atoms with van der Waals surface area (Å²) in [6.07, 6.45) is 3.38. The van der Waals surface area contributed by atoms with Crippen LogP contribution in [0.3, 0.4) is 0 Å². The lowest BCUT2D eigenvalue weighted by Gasteiger charge is -2.26. The highest BCUT2D eigenvalue weighted by molar-refractivity contribution is 5.84. The van der Waals surface area contributed by atoms with Gasteiger partial charge in [0.15, 0.2) is 0 Å². The average molecular weight is 343 g/mol. The molecule has 0 unspecified atom stereocenters. The van der Waals surface area contributed by atoms with Crippen LogP contribution >= 0.6 is 0 Å². The molecule has 0 aromatic heterocycles. The summed E-state index contributed by atoms with van der Waals surface area (Å²) in [6, 6.07) is 10.2. The van der Waals surface area contributed by atoms with E-state index in [9.17, 15) is 9.59 Å². The Kier molecular flexibility index (Phi) is 6.08. The fraction of sp³-hybridized carbons (Fsp3) is 0.600. The van der Waals surface area contributed by atoms with Crippen molar-refractivity contribution < 1.29 is 9.59 Å². The van der Waals surface area contributed by atoms with E-state index in [1.807, 2.05) is 34.9 Å². The van der Waals surface area contributed by atoms with Crippen molar-refractivity contribution in [3.05, 3.63) is 35.9 Å². The van der Waals surface area contributed by atoms with Gasteiger partial charge in [-0.2, -0.15) is 0 Å². The Bertz CT molecular complexity index is 590. The summed E-state index contributed by atoms with van der Waals surface area (Å²) in [5.41, 5.74) is 1.18. The highest BCUT2D eigenvalue weighted by Crippen LogP contribution is 2.21. The molecule has 2 heterocycles. The third-order valence-corrected chi connectivity index (χ3v) is 5.27. The molecule has 3 rings (SSSR count). The first-order valence-corrected chi connectivity index (χ1v) is 9.53. The minimum atomic E-state index is -0.00932. The summed E-state index contributed by atoms with van der Waals surface area (Å²) in [5.74, 6) is 0.505. The van der Waals surface area contributed by atoms with E-state index >= 15 is 0 Å². The van der Waals surface area contributed by atoms with E-state index in [-0.39, 0.29) is 17.9 Å². The van der Waals surface area contributed by atoms with Crippen molar-refractivity contribution in [2.24, 2.45) is 0 Å². The molecule has 1 aromatic rings. The molecule has 2 saturated heterocycles. The first-order valence-electron chi connectivity index (χ1n) is 9.53. The number of rotatable bonds is 5. The van der Waals surface area contributed by atoms with Crippen molar-refractivity contribution >= 4 is 11.8 Å². The van der Waals surface area contributed by atoms with Crippen molar-refractivity contribution in [3.8, 4) is 0 Å². The predicted molar refractivity (Wildman–Crippen MR) is 97.9 cm³/mol. The third-order valence-electron chi connectivity index (χ3n) is 5.27. The van der Waals surface area contributed by atoms with Gasteiger partial charge in [-0.25, -0.2) is 0 Å². The van der Waals surface area contributed by atoms with Crippen LogP contribution in [-0.2, 0) is 16.1 Å². The largest absolute Gasteiger partial charge is 0.341 e. The monoisotopic (exact) mass is 343 g/mol. The SMILES string of the molecule is CCCC(=O)N1CCCN([C@H]2CCN(Cc3ccccc3)C2=O)CC1. The highest BCUT2D eigenvalue weighted by atomic mass is 16.2. The maximum atomic E-state index is 12.8. The fourth-order valence-electron chi connectivity index (χ4n) is 3.89. The van der Waals surface area contributed by atoms with Gasteiger partial charge in [0, 0.05) is 45.7 Å². The summed E-state index contributed by atoms with van der Waals surface area (Å²) < 4.78 is 0. The Morgan fingerprint density at radius 3 is 2.64 bits per heavy atom. The number of nitrogens with zero attached hydrogens (tertiary/aromatic N) is 3. The maximum Gasteiger partial charge on any atom is 0.240 e. The van der Waals surface area contributed by atoms with Gasteiger partial charge in [-0.3, -0.25) is 14.5 Å². The predicted octanol–water partition coefficient (Wildman–Crippen LogP) is 2.12. The van der Waals surface area contributed by atoms with Crippen LogP contribution in [0.25, 0.3) is 0 Å². The Hall–Kier alpha value is -1.88.